The Hall–Kier alpha value is -0.980. The molecule has 0 spiro atoms. The predicted molar refractivity (Wildman–Crippen MR) is 54.7 cm³/mol. The highest BCUT2D eigenvalue weighted by atomic mass is 17.0. The molecule has 4 heterocycles. The summed E-state index contributed by atoms with van der Waals surface area (Å²) < 4.78 is 22.6. The van der Waals surface area contributed by atoms with Gasteiger partial charge < -0.3 is 19.3 Å². The van der Waals surface area contributed by atoms with E-state index in [9.17, 15) is 5.11 Å². The van der Waals surface area contributed by atoms with Crippen LogP contribution < -0.4 is 0 Å². The van der Waals surface area contributed by atoms with Gasteiger partial charge in [0, 0.05) is 5.56 Å². The van der Waals surface area contributed by atoms with Crippen molar-refractivity contribution in [2.45, 2.75) is 30.6 Å². The summed E-state index contributed by atoms with van der Waals surface area (Å²) in [6.07, 6.45) is -2.06. The van der Waals surface area contributed by atoms with Gasteiger partial charge in [0.25, 0.3) is 0 Å². The van der Waals surface area contributed by atoms with Crippen LogP contribution in [0.1, 0.15) is 5.56 Å². The molecule has 5 atom stereocenters. The topological polar surface area (TPSA) is 57.2 Å². The van der Waals surface area contributed by atoms with Crippen molar-refractivity contribution >= 4 is 0 Å². The number of aliphatic hydroxyl groups is 1. The third-order valence-corrected chi connectivity index (χ3v) is 3.42. The number of hydrogen-bond acceptors (Lipinski definition) is 5. The number of benzene rings is 1. The van der Waals surface area contributed by atoms with E-state index >= 15 is 0 Å². The van der Waals surface area contributed by atoms with Crippen LogP contribution in [0.15, 0.2) is 30.3 Å². The van der Waals surface area contributed by atoms with Crippen LogP contribution >= 0.6 is 0 Å². The second-order valence-electron chi connectivity index (χ2n) is 4.47. The Bertz CT molecular complexity index is 436. The average molecular weight is 236 g/mol. The van der Waals surface area contributed by atoms with Gasteiger partial charge in [0.2, 0.25) is 0 Å². The third-order valence-electron chi connectivity index (χ3n) is 3.42. The minimum Gasteiger partial charge on any atom is -0.387 e. The monoisotopic (exact) mass is 236 g/mol. The van der Waals surface area contributed by atoms with Gasteiger partial charge in [0.1, 0.15) is 18.3 Å². The summed E-state index contributed by atoms with van der Waals surface area (Å²) in [6.45, 7) is 0.267. The SMILES string of the molecule is O[C@H]1[C@@H]2O[C@]3(c4ccccc4)OC[C@H]1O[C@H]2O3. The number of ether oxygens (including phenoxy) is 4. The van der Waals surface area contributed by atoms with E-state index in [-0.39, 0.29) is 12.7 Å². The minimum absolute atomic E-state index is 0.267. The summed E-state index contributed by atoms with van der Waals surface area (Å²) >= 11 is 0. The molecule has 0 aliphatic carbocycles. The molecule has 4 bridgehead atoms. The van der Waals surface area contributed by atoms with E-state index < -0.39 is 24.5 Å². The quantitative estimate of drug-likeness (QED) is 0.761. The molecule has 0 radical (unpaired) electrons. The molecule has 0 unspecified atom stereocenters. The number of rotatable bonds is 1. The zero-order valence-electron chi connectivity index (χ0n) is 8.98. The molecule has 5 heteroatoms. The van der Waals surface area contributed by atoms with Gasteiger partial charge in [-0.05, 0) is 0 Å². The van der Waals surface area contributed by atoms with Gasteiger partial charge in [0.15, 0.2) is 6.29 Å². The predicted octanol–water partition coefficient (Wildman–Crippen LogP) is 0.328. The largest absolute Gasteiger partial charge is 0.387 e. The first-order chi connectivity index (χ1) is 8.28. The highest BCUT2D eigenvalue weighted by Gasteiger charge is 2.62. The van der Waals surface area contributed by atoms with Crippen molar-refractivity contribution < 1.29 is 24.1 Å². The van der Waals surface area contributed by atoms with Crippen molar-refractivity contribution in [2.75, 3.05) is 6.61 Å². The Kier molecular flexibility index (Phi) is 1.93. The first-order valence-corrected chi connectivity index (χ1v) is 5.67. The summed E-state index contributed by atoms with van der Waals surface area (Å²) in [5.74, 6) is -1.22. The molecule has 1 aromatic rings. The zero-order chi connectivity index (χ0) is 11.5. The Morgan fingerprint density at radius 2 is 2.00 bits per heavy atom. The first kappa shape index (κ1) is 9.99. The molecule has 4 aliphatic rings. The van der Waals surface area contributed by atoms with Crippen molar-refractivity contribution in [1.82, 2.24) is 0 Å². The van der Waals surface area contributed by atoms with E-state index in [2.05, 4.69) is 0 Å². The van der Waals surface area contributed by atoms with Crippen molar-refractivity contribution in [3.63, 3.8) is 0 Å². The third kappa shape index (κ3) is 1.26. The normalized spacial score (nSPS) is 47.4. The molecule has 90 valence electrons. The lowest BCUT2D eigenvalue weighted by molar-refractivity contribution is -0.349. The summed E-state index contributed by atoms with van der Waals surface area (Å²) in [7, 11) is 0. The molecule has 4 aliphatic heterocycles. The fourth-order valence-electron chi connectivity index (χ4n) is 2.54. The first-order valence-electron chi connectivity index (χ1n) is 5.67. The number of hydrogen-bond donors (Lipinski definition) is 1. The van der Waals surface area contributed by atoms with Gasteiger partial charge in [-0.2, -0.15) is 0 Å². The van der Waals surface area contributed by atoms with E-state index in [4.69, 9.17) is 18.9 Å². The molecule has 4 saturated heterocycles. The average Bonchev–Trinajstić information content (AvgIpc) is 2.70. The van der Waals surface area contributed by atoms with Gasteiger partial charge in [-0.15, -0.1) is 0 Å². The van der Waals surface area contributed by atoms with Crippen LogP contribution in [0.2, 0.25) is 0 Å². The highest BCUT2D eigenvalue weighted by molar-refractivity contribution is 5.20. The maximum atomic E-state index is 9.94. The standard InChI is InChI=1S/C12H12O5/c13-9-8-6-14-12(7-4-2-1-3-5-7)16-10(9)11(15-8)17-12/h1-5,8-11,13H,6H2/t8-,9-,10+,11+,12+/m1/s1. The summed E-state index contributed by atoms with van der Waals surface area (Å²) in [6, 6.07) is 9.43. The van der Waals surface area contributed by atoms with Gasteiger partial charge in [-0.3, -0.25) is 4.74 Å². The Morgan fingerprint density at radius 1 is 1.18 bits per heavy atom. The van der Waals surface area contributed by atoms with Crippen molar-refractivity contribution in [2.24, 2.45) is 0 Å². The van der Waals surface area contributed by atoms with E-state index in [1.807, 2.05) is 30.3 Å². The molecule has 5 nitrogen and oxygen atoms in total. The molecule has 4 fully saturated rings. The fourth-order valence-corrected chi connectivity index (χ4v) is 2.54. The van der Waals surface area contributed by atoms with Crippen LogP contribution in [0.25, 0.3) is 0 Å². The molecular formula is C12H12O5. The molecule has 17 heavy (non-hydrogen) atoms. The van der Waals surface area contributed by atoms with E-state index in [0.29, 0.717) is 0 Å². The lowest BCUT2D eigenvalue weighted by Crippen LogP contribution is -2.32. The minimum atomic E-state index is -1.22. The zero-order valence-corrected chi connectivity index (χ0v) is 8.98. The Morgan fingerprint density at radius 3 is 2.76 bits per heavy atom. The van der Waals surface area contributed by atoms with Crippen LogP contribution in [-0.4, -0.2) is 36.3 Å². The Labute approximate surface area is 97.9 Å². The van der Waals surface area contributed by atoms with Crippen molar-refractivity contribution in [1.29, 1.82) is 0 Å². The summed E-state index contributed by atoms with van der Waals surface area (Å²) in [4.78, 5) is 0. The number of aliphatic hydroxyl groups excluding tert-OH is 1. The second-order valence-corrected chi connectivity index (χ2v) is 4.47. The molecule has 1 N–H and O–H groups in total. The van der Waals surface area contributed by atoms with Gasteiger partial charge in [-0.1, -0.05) is 30.3 Å². The lowest BCUT2D eigenvalue weighted by Gasteiger charge is -2.25. The van der Waals surface area contributed by atoms with Crippen LogP contribution in [0.3, 0.4) is 0 Å². The maximum Gasteiger partial charge on any atom is 0.314 e. The van der Waals surface area contributed by atoms with Gasteiger partial charge in [0.05, 0.1) is 6.61 Å². The van der Waals surface area contributed by atoms with Crippen LogP contribution in [0, 0.1) is 0 Å². The van der Waals surface area contributed by atoms with Crippen LogP contribution in [0.5, 0.6) is 0 Å². The van der Waals surface area contributed by atoms with Crippen molar-refractivity contribution in [3.8, 4) is 0 Å². The van der Waals surface area contributed by atoms with Crippen LogP contribution in [0.4, 0.5) is 0 Å². The Balaban J connectivity index is 1.77. The highest BCUT2D eigenvalue weighted by Crippen LogP contribution is 2.47. The molecule has 5 rings (SSSR count). The van der Waals surface area contributed by atoms with E-state index in [1.165, 1.54) is 0 Å². The van der Waals surface area contributed by atoms with Gasteiger partial charge in [-0.25, -0.2) is 0 Å². The summed E-state index contributed by atoms with van der Waals surface area (Å²) in [5.41, 5.74) is 0.783. The molecular weight excluding hydrogens is 224 g/mol. The molecule has 1 aromatic carbocycles. The lowest BCUT2D eigenvalue weighted by atomic mass is 10.1. The fraction of sp³-hybridized carbons (Fsp3) is 0.500. The molecule has 0 aromatic heterocycles. The van der Waals surface area contributed by atoms with E-state index in [0.717, 1.165) is 5.56 Å². The maximum absolute atomic E-state index is 9.94. The smallest absolute Gasteiger partial charge is 0.314 e. The number of fused-ring (bicyclic) bond motifs is 1. The summed E-state index contributed by atoms with van der Waals surface area (Å²) in [5, 5.41) is 9.94. The van der Waals surface area contributed by atoms with Crippen LogP contribution in [-0.2, 0) is 24.9 Å². The van der Waals surface area contributed by atoms with Gasteiger partial charge >= 0.3 is 5.97 Å². The van der Waals surface area contributed by atoms with Crippen molar-refractivity contribution in [3.05, 3.63) is 35.9 Å². The second kappa shape index (κ2) is 3.28. The van der Waals surface area contributed by atoms with E-state index in [1.54, 1.807) is 0 Å². The molecule has 0 saturated carbocycles. The molecule has 0 amide bonds.